The minimum Gasteiger partial charge on any atom is -0.364 e. The molecule has 0 fully saturated rings. The molecule has 1 N–H and O–H groups in total. The Labute approximate surface area is 179 Å². The summed E-state index contributed by atoms with van der Waals surface area (Å²) in [5.74, 6) is 0.414. The third-order valence-electron chi connectivity index (χ3n) is 5.45. The SMILES string of the molecule is Cc1cc(C(F)(F)F)nn1-c1ccc(Cc2[nH]ccc2-c2ccccc2C(C)C)cc1. The average Bonchev–Trinajstić information content (AvgIpc) is 3.35. The second-order valence-corrected chi connectivity index (χ2v) is 8.04. The zero-order valence-electron chi connectivity index (χ0n) is 17.7. The first-order chi connectivity index (χ1) is 14.7. The third-order valence-corrected chi connectivity index (χ3v) is 5.45. The maximum atomic E-state index is 12.9. The number of nitrogens with zero attached hydrogens (tertiary/aromatic N) is 2. The highest BCUT2D eigenvalue weighted by Crippen LogP contribution is 2.32. The van der Waals surface area contributed by atoms with Gasteiger partial charge >= 0.3 is 6.18 Å². The van der Waals surface area contributed by atoms with Crippen molar-refractivity contribution in [1.29, 1.82) is 0 Å². The van der Waals surface area contributed by atoms with Gasteiger partial charge in [-0.1, -0.05) is 50.2 Å². The van der Waals surface area contributed by atoms with Crippen LogP contribution in [0.5, 0.6) is 0 Å². The highest BCUT2D eigenvalue weighted by atomic mass is 19.4. The van der Waals surface area contributed by atoms with E-state index in [-0.39, 0.29) is 0 Å². The number of hydrogen-bond acceptors (Lipinski definition) is 1. The number of aromatic amines is 1. The van der Waals surface area contributed by atoms with Crippen LogP contribution in [-0.2, 0) is 12.6 Å². The number of aryl methyl sites for hydroxylation is 1. The van der Waals surface area contributed by atoms with Gasteiger partial charge in [0, 0.05) is 29.6 Å². The molecule has 0 saturated heterocycles. The van der Waals surface area contributed by atoms with Gasteiger partial charge in [-0.2, -0.15) is 18.3 Å². The molecule has 0 atom stereocenters. The van der Waals surface area contributed by atoms with E-state index in [9.17, 15) is 13.2 Å². The smallest absolute Gasteiger partial charge is 0.364 e. The molecule has 0 amide bonds. The van der Waals surface area contributed by atoms with Gasteiger partial charge in [0.25, 0.3) is 0 Å². The second kappa shape index (κ2) is 8.10. The van der Waals surface area contributed by atoms with Crippen molar-refractivity contribution in [2.24, 2.45) is 0 Å². The summed E-state index contributed by atoms with van der Waals surface area (Å²) in [5, 5.41) is 3.72. The third kappa shape index (κ3) is 4.29. The molecule has 2 aromatic carbocycles. The normalized spacial score (nSPS) is 12.0. The molecule has 0 aliphatic carbocycles. The molecule has 0 saturated carbocycles. The number of benzene rings is 2. The summed E-state index contributed by atoms with van der Waals surface area (Å²) in [4.78, 5) is 3.35. The van der Waals surface area contributed by atoms with Crippen LogP contribution in [0.25, 0.3) is 16.8 Å². The standard InChI is InChI=1S/C25H24F3N3/c1-16(2)20-6-4-5-7-21(20)22-12-13-29-23(22)15-18-8-10-19(11-9-18)31-17(3)14-24(30-31)25(26,27)28/h4-14,16,29H,15H2,1-3H3. The Balaban J connectivity index is 1.60. The van der Waals surface area contributed by atoms with Gasteiger partial charge in [-0.3, -0.25) is 0 Å². The van der Waals surface area contributed by atoms with E-state index < -0.39 is 11.9 Å². The molecule has 31 heavy (non-hydrogen) atoms. The summed E-state index contributed by atoms with van der Waals surface area (Å²) in [6, 6.07) is 19.0. The molecule has 0 radical (unpaired) electrons. The van der Waals surface area contributed by atoms with Crippen molar-refractivity contribution in [3.63, 3.8) is 0 Å². The van der Waals surface area contributed by atoms with Gasteiger partial charge in [0.1, 0.15) is 0 Å². The van der Waals surface area contributed by atoms with Gasteiger partial charge in [-0.15, -0.1) is 0 Å². The van der Waals surface area contributed by atoms with Crippen LogP contribution in [0.15, 0.2) is 66.9 Å². The van der Waals surface area contributed by atoms with Gasteiger partial charge < -0.3 is 4.98 Å². The first-order valence-electron chi connectivity index (χ1n) is 10.2. The molecule has 4 rings (SSSR count). The van der Waals surface area contributed by atoms with Gasteiger partial charge in [-0.05, 0) is 53.8 Å². The summed E-state index contributed by atoms with van der Waals surface area (Å²) < 4.78 is 40.2. The maximum absolute atomic E-state index is 12.9. The Bertz CT molecular complexity index is 1180. The predicted molar refractivity (Wildman–Crippen MR) is 116 cm³/mol. The number of aromatic nitrogens is 3. The molecule has 0 aliphatic rings. The lowest BCUT2D eigenvalue weighted by molar-refractivity contribution is -0.141. The quantitative estimate of drug-likeness (QED) is 0.372. The molecule has 6 heteroatoms. The Hall–Kier alpha value is -3.28. The molecule has 160 valence electrons. The van der Waals surface area contributed by atoms with Crippen LogP contribution < -0.4 is 0 Å². The molecule has 2 heterocycles. The molecular formula is C25H24F3N3. The molecule has 0 aliphatic heterocycles. The number of alkyl halides is 3. The van der Waals surface area contributed by atoms with Crippen molar-refractivity contribution in [3.8, 4) is 16.8 Å². The van der Waals surface area contributed by atoms with E-state index >= 15 is 0 Å². The fourth-order valence-corrected chi connectivity index (χ4v) is 3.88. The first kappa shape index (κ1) is 21.0. The minimum atomic E-state index is -4.45. The average molecular weight is 423 g/mol. The predicted octanol–water partition coefficient (Wildman–Crippen LogP) is 6.91. The number of halogens is 3. The largest absolute Gasteiger partial charge is 0.435 e. The number of H-pyrrole nitrogens is 1. The van der Waals surface area contributed by atoms with Gasteiger partial charge in [-0.25, -0.2) is 4.68 Å². The van der Waals surface area contributed by atoms with Crippen molar-refractivity contribution in [2.45, 2.75) is 39.3 Å². The summed E-state index contributed by atoms with van der Waals surface area (Å²) in [7, 11) is 0. The lowest BCUT2D eigenvalue weighted by Crippen LogP contribution is -2.07. The fraction of sp³-hybridized carbons (Fsp3) is 0.240. The Kier molecular flexibility index (Phi) is 5.48. The summed E-state index contributed by atoms with van der Waals surface area (Å²) in [6.45, 7) is 5.99. The Morgan fingerprint density at radius 2 is 1.68 bits per heavy atom. The van der Waals surface area contributed by atoms with Gasteiger partial charge in [0.2, 0.25) is 0 Å². The Morgan fingerprint density at radius 1 is 0.968 bits per heavy atom. The van der Waals surface area contributed by atoms with E-state index in [1.807, 2.05) is 18.3 Å². The van der Waals surface area contributed by atoms with Gasteiger partial charge in [0.15, 0.2) is 5.69 Å². The number of rotatable bonds is 5. The summed E-state index contributed by atoms with van der Waals surface area (Å²) in [6.07, 6.45) is -1.81. The number of hydrogen-bond donors (Lipinski definition) is 1. The van der Waals surface area contributed by atoms with Crippen molar-refractivity contribution < 1.29 is 13.2 Å². The molecule has 0 spiro atoms. The second-order valence-electron chi connectivity index (χ2n) is 8.04. The van der Waals surface area contributed by atoms with Crippen molar-refractivity contribution >= 4 is 0 Å². The highest BCUT2D eigenvalue weighted by Gasteiger charge is 2.34. The number of nitrogens with one attached hydrogen (secondary N) is 1. The van der Waals surface area contributed by atoms with Crippen LogP contribution in [0, 0.1) is 6.92 Å². The van der Waals surface area contributed by atoms with Crippen molar-refractivity contribution in [2.75, 3.05) is 0 Å². The van der Waals surface area contributed by atoms with Crippen LogP contribution in [0.2, 0.25) is 0 Å². The van der Waals surface area contributed by atoms with E-state index in [1.54, 1.807) is 19.1 Å². The summed E-state index contributed by atoms with van der Waals surface area (Å²) >= 11 is 0. The van der Waals surface area contributed by atoms with E-state index in [2.05, 4.69) is 54.3 Å². The fourth-order valence-electron chi connectivity index (χ4n) is 3.88. The molecule has 0 unspecified atom stereocenters. The topological polar surface area (TPSA) is 33.6 Å². The van der Waals surface area contributed by atoms with Crippen LogP contribution in [0.3, 0.4) is 0 Å². The first-order valence-corrected chi connectivity index (χ1v) is 10.2. The lowest BCUT2D eigenvalue weighted by atomic mass is 9.91. The molecule has 3 nitrogen and oxygen atoms in total. The van der Waals surface area contributed by atoms with Gasteiger partial charge in [0.05, 0.1) is 5.69 Å². The molecule has 4 aromatic rings. The van der Waals surface area contributed by atoms with Crippen LogP contribution >= 0.6 is 0 Å². The van der Waals surface area contributed by atoms with Crippen LogP contribution in [-0.4, -0.2) is 14.8 Å². The zero-order valence-corrected chi connectivity index (χ0v) is 17.7. The van der Waals surface area contributed by atoms with E-state index in [0.29, 0.717) is 23.7 Å². The van der Waals surface area contributed by atoms with Crippen molar-refractivity contribution in [1.82, 2.24) is 14.8 Å². The van der Waals surface area contributed by atoms with Crippen LogP contribution in [0.4, 0.5) is 13.2 Å². The van der Waals surface area contributed by atoms with Crippen molar-refractivity contribution in [3.05, 3.63) is 95.1 Å². The summed E-state index contributed by atoms with van der Waals surface area (Å²) in [5.41, 5.74) is 6.03. The van der Waals surface area contributed by atoms with E-state index in [1.165, 1.54) is 21.4 Å². The highest BCUT2D eigenvalue weighted by molar-refractivity contribution is 5.71. The maximum Gasteiger partial charge on any atom is 0.435 e. The molecule has 0 bridgehead atoms. The minimum absolute atomic E-state index is 0.414. The molecular weight excluding hydrogens is 399 g/mol. The van der Waals surface area contributed by atoms with E-state index in [0.717, 1.165) is 17.3 Å². The zero-order chi connectivity index (χ0) is 22.2. The molecule has 2 aromatic heterocycles. The lowest BCUT2D eigenvalue weighted by Gasteiger charge is -2.13. The van der Waals surface area contributed by atoms with E-state index in [4.69, 9.17) is 0 Å². The Morgan fingerprint density at radius 3 is 2.32 bits per heavy atom. The van der Waals surface area contributed by atoms with Crippen LogP contribution in [0.1, 0.15) is 48.0 Å². The monoisotopic (exact) mass is 423 g/mol.